The molecule has 24 heteroatoms. The molecule has 56 heavy (non-hydrogen) atoms. The molecule has 0 saturated heterocycles. The number of phenols is 2. The molecule has 0 aliphatic heterocycles. The number of benzene rings is 6. The van der Waals surface area contributed by atoms with Gasteiger partial charge in [-0.2, -0.15) is 25.3 Å². The predicted octanol–water partition coefficient (Wildman–Crippen LogP) is 7.73. The summed E-state index contributed by atoms with van der Waals surface area (Å²) < 4.78 is 109. The van der Waals surface area contributed by atoms with Crippen LogP contribution in [0.4, 0.5) is 39.8 Å². The van der Waals surface area contributed by atoms with E-state index in [1.807, 2.05) is 0 Å². The fraction of sp³-hybridized carbons (Fsp3) is 0. The van der Waals surface area contributed by atoms with Crippen molar-refractivity contribution in [2.24, 2.45) is 20.5 Å². The van der Waals surface area contributed by atoms with Crippen LogP contribution in [0.5, 0.6) is 11.5 Å². The number of phenolic OH excluding ortho intramolecular Hbond substituents is 2. The van der Waals surface area contributed by atoms with Crippen LogP contribution in [0.3, 0.4) is 0 Å². The summed E-state index contributed by atoms with van der Waals surface area (Å²) in [6.07, 6.45) is 0. The van der Waals surface area contributed by atoms with Crippen molar-refractivity contribution in [2.75, 3.05) is 11.1 Å². The van der Waals surface area contributed by atoms with Gasteiger partial charge in [-0.1, -0.05) is 35.4 Å². The van der Waals surface area contributed by atoms with E-state index in [1.54, 1.807) is 30.3 Å². The maximum atomic E-state index is 12.9. The van der Waals surface area contributed by atoms with Crippen LogP contribution in [0, 0.1) is 0 Å². The molecule has 6 rings (SSSR count). The SMILES string of the molecule is Nc1c(Nc2ccccc2)ccc2c(O)c(N=Nc3ccc4c(O)c(N=Nc5ccccc5S(=O)(=O)O)c(SOOO)cc4c3S(=O)(=O)O)c(S(=O)(=O)O)cc12. The van der Waals surface area contributed by atoms with Crippen molar-refractivity contribution < 1.29 is 63.8 Å². The van der Waals surface area contributed by atoms with Crippen LogP contribution >= 0.6 is 12.0 Å². The summed E-state index contributed by atoms with van der Waals surface area (Å²) in [6, 6.07) is 20.3. The molecule has 0 atom stereocenters. The molecule has 0 aliphatic rings. The lowest BCUT2D eigenvalue weighted by molar-refractivity contribution is -0.432. The number of nitrogens with one attached hydrogen (secondary N) is 1. The highest BCUT2D eigenvalue weighted by Crippen LogP contribution is 2.49. The number of aromatic hydroxyl groups is 2. The van der Waals surface area contributed by atoms with E-state index in [0.717, 1.165) is 36.4 Å². The van der Waals surface area contributed by atoms with Gasteiger partial charge in [0.2, 0.25) is 0 Å². The van der Waals surface area contributed by atoms with E-state index in [0.29, 0.717) is 11.4 Å². The number of rotatable bonds is 12. The van der Waals surface area contributed by atoms with E-state index in [-0.39, 0.29) is 44.5 Å². The Morgan fingerprint density at radius 3 is 1.86 bits per heavy atom. The zero-order valence-corrected chi connectivity index (χ0v) is 30.9. The molecular formula is C32H24N6O14S4. The molecule has 0 bridgehead atoms. The van der Waals surface area contributed by atoms with Gasteiger partial charge in [-0.3, -0.25) is 13.7 Å². The predicted molar refractivity (Wildman–Crippen MR) is 200 cm³/mol. The molecule has 9 N–H and O–H groups in total. The zero-order valence-electron chi connectivity index (χ0n) is 27.6. The van der Waals surface area contributed by atoms with E-state index in [1.165, 1.54) is 24.3 Å². The normalized spacial score (nSPS) is 12.6. The molecule has 0 amide bonds. The summed E-state index contributed by atoms with van der Waals surface area (Å²) in [7, 11) is -15.3. The number of anilines is 3. The third-order valence-corrected chi connectivity index (χ3v) is 11.2. The Bertz CT molecular complexity index is 2950. The van der Waals surface area contributed by atoms with E-state index >= 15 is 0 Å². The topological polar surface area (TPSA) is 330 Å². The van der Waals surface area contributed by atoms with Crippen molar-refractivity contribution in [3.05, 3.63) is 91.0 Å². The van der Waals surface area contributed by atoms with Crippen molar-refractivity contribution in [3.8, 4) is 11.5 Å². The molecule has 0 radical (unpaired) electrons. The molecule has 0 aliphatic carbocycles. The Balaban J connectivity index is 1.52. The van der Waals surface area contributed by atoms with Gasteiger partial charge >= 0.3 is 0 Å². The fourth-order valence-corrected chi connectivity index (χ4v) is 8.01. The lowest BCUT2D eigenvalue weighted by Gasteiger charge is -2.15. The van der Waals surface area contributed by atoms with Crippen LogP contribution < -0.4 is 11.1 Å². The lowest BCUT2D eigenvalue weighted by atomic mass is 10.0. The van der Waals surface area contributed by atoms with Gasteiger partial charge in [-0.15, -0.1) is 24.8 Å². The molecule has 0 unspecified atom stereocenters. The van der Waals surface area contributed by atoms with Gasteiger partial charge in [-0.05, 0) is 60.7 Å². The second-order valence-electron chi connectivity index (χ2n) is 11.3. The summed E-state index contributed by atoms with van der Waals surface area (Å²) in [5, 5.41) is 52.1. The number of nitrogen functional groups attached to an aromatic ring is 1. The third-order valence-electron chi connectivity index (χ3n) is 7.84. The molecule has 0 fully saturated rings. The fourth-order valence-electron chi connectivity index (χ4n) is 5.43. The van der Waals surface area contributed by atoms with Crippen molar-refractivity contribution in [3.63, 3.8) is 0 Å². The van der Waals surface area contributed by atoms with Crippen LogP contribution in [-0.2, 0) is 39.7 Å². The quantitative estimate of drug-likeness (QED) is 0.0146. The highest BCUT2D eigenvalue weighted by atomic mass is 32.2. The van der Waals surface area contributed by atoms with Gasteiger partial charge in [-0.25, -0.2) is 5.26 Å². The van der Waals surface area contributed by atoms with Gasteiger partial charge in [0.15, 0.2) is 11.5 Å². The first kappa shape index (κ1) is 39.9. The Kier molecular flexibility index (Phi) is 11.0. The van der Waals surface area contributed by atoms with Gasteiger partial charge in [0.05, 0.1) is 28.3 Å². The van der Waals surface area contributed by atoms with Crippen LogP contribution in [0.25, 0.3) is 21.5 Å². The molecule has 290 valence electrons. The lowest BCUT2D eigenvalue weighted by Crippen LogP contribution is -2.02. The smallest absolute Gasteiger partial charge is 0.297 e. The van der Waals surface area contributed by atoms with E-state index < -0.39 is 79.0 Å². The molecule has 0 spiro atoms. The number of para-hydroxylation sites is 1. The first-order valence-electron chi connectivity index (χ1n) is 15.1. The first-order chi connectivity index (χ1) is 26.4. The number of nitrogens with zero attached hydrogens (tertiary/aromatic N) is 4. The Morgan fingerprint density at radius 1 is 0.607 bits per heavy atom. The van der Waals surface area contributed by atoms with Gasteiger partial charge in [0.1, 0.15) is 37.4 Å². The first-order valence-corrected chi connectivity index (χ1v) is 20.2. The van der Waals surface area contributed by atoms with Gasteiger partial charge in [0, 0.05) is 27.2 Å². The molecule has 0 saturated carbocycles. The average molecular weight is 845 g/mol. The summed E-state index contributed by atoms with van der Waals surface area (Å²) in [6.45, 7) is 0. The zero-order chi connectivity index (χ0) is 40.6. The Hall–Kier alpha value is -5.80. The summed E-state index contributed by atoms with van der Waals surface area (Å²) in [4.78, 5) is -3.03. The number of nitrogens with two attached hydrogens (primary N) is 1. The minimum absolute atomic E-state index is 0.0242. The second-order valence-corrected chi connectivity index (χ2v) is 16.2. The largest absolute Gasteiger partial charge is 0.505 e. The molecule has 0 heterocycles. The summed E-state index contributed by atoms with van der Waals surface area (Å²) in [5.74, 6) is -1.68. The van der Waals surface area contributed by atoms with Crippen molar-refractivity contribution in [1.29, 1.82) is 0 Å². The molecule has 6 aromatic rings. The highest BCUT2D eigenvalue weighted by Gasteiger charge is 2.27. The Labute approximate surface area is 319 Å². The third kappa shape index (κ3) is 8.09. The second kappa shape index (κ2) is 15.4. The molecular weight excluding hydrogens is 821 g/mol. The van der Waals surface area contributed by atoms with E-state index in [2.05, 4.69) is 35.1 Å². The van der Waals surface area contributed by atoms with Crippen LogP contribution in [-0.4, -0.2) is 54.4 Å². The van der Waals surface area contributed by atoms with Gasteiger partial charge < -0.3 is 21.3 Å². The van der Waals surface area contributed by atoms with Crippen LogP contribution in [0.15, 0.2) is 131 Å². The standard InChI is InChI=1S/C32H24N6O14S4/c33-27-19-15-26(55(45,46)47)29(31(40)17(19)10-12-22(27)34-16-6-2-1-3-7-16)38-36-23-13-11-18-20(32(23)56(48,49)50)14-24(53-52-51-41)28(30(18)39)37-35-21-8-4-5-9-25(21)54(42,43)44/h1-15,34,39-41H,33H2,(H,42,43,44)(H,45,46,47)(H,48,49,50). The van der Waals surface area contributed by atoms with E-state index in [9.17, 15) is 49.1 Å². The molecule has 6 aromatic carbocycles. The maximum Gasteiger partial charge on any atom is 0.297 e. The van der Waals surface area contributed by atoms with Crippen molar-refractivity contribution in [2.45, 2.75) is 19.6 Å². The molecule has 0 aromatic heterocycles. The van der Waals surface area contributed by atoms with Crippen LogP contribution in [0.1, 0.15) is 0 Å². The summed E-state index contributed by atoms with van der Waals surface area (Å²) >= 11 is 0.140. The molecule has 20 nitrogen and oxygen atoms in total. The number of hydrogen-bond acceptors (Lipinski definition) is 18. The summed E-state index contributed by atoms with van der Waals surface area (Å²) in [5.41, 5.74) is 4.81. The monoisotopic (exact) mass is 844 g/mol. The average Bonchev–Trinajstić information content (AvgIpc) is 3.13. The number of fused-ring (bicyclic) bond motifs is 2. The van der Waals surface area contributed by atoms with E-state index in [4.69, 9.17) is 11.0 Å². The van der Waals surface area contributed by atoms with Gasteiger partial charge in [0.25, 0.3) is 30.4 Å². The van der Waals surface area contributed by atoms with Crippen molar-refractivity contribution >= 4 is 104 Å². The Morgan fingerprint density at radius 2 is 1.20 bits per heavy atom. The maximum absolute atomic E-state index is 12.9. The van der Waals surface area contributed by atoms with Crippen LogP contribution in [0.2, 0.25) is 0 Å². The van der Waals surface area contributed by atoms with Crippen molar-refractivity contribution in [1.82, 2.24) is 0 Å². The highest BCUT2D eigenvalue weighted by molar-refractivity contribution is 7.94. The number of azo groups is 2. The minimum Gasteiger partial charge on any atom is -0.505 e. The minimum atomic E-state index is -5.33. The number of hydrogen-bond donors (Lipinski definition) is 8.